The Kier molecular flexibility index (Phi) is 8.02. The van der Waals surface area contributed by atoms with Crippen molar-refractivity contribution in [2.24, 2.45) is 0 Å². The molecule has 8 heavy (non-hydrogen) atoms. The van der Waals surface area contributed by atoms with Crippen molar-refractivity contribution in [2.75, 3.05) is 12.4 Å². The molecule has 0 spiro atoms. The molecule has 0 N–H and O–H groups in total. The standard InChI is InChI=1S/C5H14OSSi/c1-3-5-7-8-6-4-2/h3-5,8H2,1-2H3. The lowest BCUT2D eigenvalue weighted by Gasteiger charge is -1.96. The molecule has 0 aliphatic carbocycles. The molecule has 0 unspecified atom stereocenters. The highest BCUT2D eigenvalue weighted by Gasteiger charge is 1.84. The Hall–Kier alpha value is 0.527. The van der Waals surface area contributed by atoms with Gasteiger partial charge in [0.05, 0.1) is 0 Å². The summed E-state index contributed by atoms with van der Waals surface area (Å²) in [6, 6.07) is 0. The summed E-state index contributed by atoms with van der Waals surface area (Å²) in [5.41, 5.74) is 0. The molecule has 0 radical (unpaired) electrons. The zero-order chi connectivity index (χ0) is 6.24. The molecule has 3 heteroatoms. The lowest BCUT2D eigenvalue weighted by atomic mass is 10.6. The summed E-state index contributed by atoms with van der Waals surface area (Å²) in [4.78, 5) is 0. The number of hydrogen-bond acceptors (Lipinski definition) is 2. The molecule has 0 aromatic rings. The third-order valence-corrected chi connectivity index (χ3v) is 4.02. The predicted molar refractivity (Wildman–Crippen MR) is 42.9 cm³/mol. The van der Waals surface area contributed by atoms with Crippen molar-refractivity contribution in [3.8, 4) is 0 Å². The van der Waals surface area contributed by atoms with Crippen LogP contribution in [-0.4, -0.2) is 21.3 Å². The fourth-order valence-electron chi connectivity index (χ4n) is 0.346. The van der Waals surface area contributed by atoms with Crippen molar-refractivity contribution in [3.63, 3.8) is 0 Å². The van der Waals surface area contributed by atoms with E-state index < -0.39 is 0 Å². The van der Waals surface area contributed by atoms with E-state index in [0.717, 1.165) is 6.61 Å². The highest BCUT2D eigenvalue weighted by atomic mass is 32.4. The van der Waals surface area contributed by atoms with Crippen molar-refractivity contribution < 1.29 is 4.43 Å². The molecule has 0 saturated heterocycles. The normalized spacial score (nSPS) is 11.2. The second kappa shape index (κ2) is 7.53. The fourth-order valence-corrected chi connectivity index (χ4v) is 3.11. The van der Waals surface area contributed by atoms with Crippen LogP contribution in [0.3, 0.4) is 0 Å². The van der Waals surface area contributed by atoms with Gasteiger partial charge in [0.1, 0.15) is 0 Å². The maximum Gasteiger partial charge on any atom is 0.222 e. The maximum absolute atomic E-state index is 5.24. The minimum absolute atomic E-state index is 0.183. The molecule has 0 amide bonds. The fraction of sp³-hybridized carbons (Fsp3) is 1.00. The first-order valence-electron chi connectivity index (χ1n) is 3.07. The van der Waals surface area contributed by atoms with Gasteiger partial charge in [-0.15, -0.1) is 0 Å². The topological polar surface area (TPSA) is 9.23 Å². The monoisotopic (exact) mass is 150 g/mol. The molecule has 0 fully saturated rings. The third kappa shape index (κ3) is 6.53. The van der Waals surface area contributed by atoms with Crippen LogP contribution in [0.1, 0.15) is 20.3 Å². The SMILES string of the molecule is CCCS[SiH2]OCC. The summed E-state index contributed by atoms with van der Waals surface area (Å²) >= 11 is 1.99. The lowest BCUT2D eigenvalue weighted by molar-refractivity contribution is 0.372. The van der Waals surface area contributed by atoms with E-state index in [2.05, 4.69) is 13.8 Å². The lowest BCUT2D eigenvalue weighted by Crippen LogP contribution is -1.93. The molecule has 1 nitrogen and oxygen atoms in total. The van der Waals surface area contributed by atoms with Crippen LogP contribution >= 0.6 is 11.2 Å². The van der Waals surface area contributed by atoms with Gasteiger partial charge in [-0.05, 0) is 19.1 Å². The van der Waals surface area contributed by atoms with Gasteiger partial charge < -0.3 is 4.43 Å². The zero-order valence-electron chi connectivity index (χ0n) is 5.64. The Bertz CT molecular complexity index is 37.4. The second-order valence-electron chi connectivity index (χ2n) is 1.52. The van der Waals surface area contributed by atoms with Crippen LogP contribution in [0.15, 0.2) is 0 Å². The largest absolute Gasteiger partial charge is 0.413 e. The predicted octanol–water partition coefficient (Wildman–Crippen LogP) is 1.16. The van der Waals surface area contributed by atoms with Crippen molar-refractivity contribution in [3.05, 3.63) is 0 Å². The van der Waals surface area contributed by atoms with E-state index in [0.29, 0.717) is 0 Å². The summed E-state index contributed by atoms with van der Waals surface area (Å²) in [5.74, 6) is 1.28. The second-order valence-corrected chi connectivity index (χ2v) is 4.91. The van der Waals surface area contributed by atoms with E-state index >= 15 is 0 Å². The van der Waals surface area contributed by atoms with Crippen molar-refractivity contribution in [1.29, 1.82) is 0 Å². The molecule has 0 aliphatic rings. The van der Waals surface area contributed by atoms with Crippen LogP contribution in [0.5, 0.6) is 0 Å². The summed E-state index contributed by atoms with van der Waals surface area (Å²) in [6.07, 6.45) is 1.28. The number of hydrogen-bond donors (Lipinski definition) is 0. The minimum atomic E-state index is -0.183. The van der Waals surface area contributed by atoms with Crippen LogP contribution in [0.4, 0.5) is 0 Å². The zero-order valence-corrected chi connectivity index (χ0v) is 7.88. The molecule has 0 atom stereocenters. The molecular formula is C5H14OSSi. The van der Waals surface area contributed by atoms with E-state index in [9.17, 15) is 0 Å². The van der Waals surface area contributed by atoms with Crippen molar-refractivity contribution in [1.82, 2.24) is 0 Å². The summed E-state index contributed by atoms with van der Waals surface area (Å²) in [7, 11) is -0.183. The highest BCUT2D eigenvalue weighted by Crippen LogP contribution is 1.97. The molecule has 0 bridgehead atoms. The highest BCUT2D eigenvalue weighted by molar-refractivity contribution is 8.21. The first kappa shape index (κ1) is 8.53. The molecule has 0 saturated carbocycles. The van der Waals surface area contributed by atoms with Gasteiger partial charge in [0, 0.05) is 6.61 Å². The van der Waals surface area contributed by atoms with Crippen LogP contribution in [0.25, 0.3) is 0 Å². The van der Waals surface area contributed by atoms with E-state index in [4.69, 9.17) is 4.43 Å². The molecule has 0 aliphatic heterocycles. The van der Waals surface area contributed by atoms with Gasteiger partial charge in [0.25, 0.3) is 0 Å². The van der Waals surface area contributed by atoms with Gasteiger partial charge in [-0.2, -0.15) is 11.2 Å². The van der Waals surface area contributed by atoms with Crippen LogP contribution in [0.2, 0.25) is 0 Å². The average Bonchev–Trinajstić information content (AvgIpc) is 1.81. The minimum Gasteiger partial charge on any atom is -0.413 e. The van der Waals surface area contributed by atoms with Gasteiger partial charge in [0.15, 0.2) is 0 Å². The van der Waals surface area contributed by atoms with Crippen LogP contribution in [-0.2, 0) is 4.43 Å². The number of rotatable bonds is 5. The van der Waals surface area contributed by atoms with E-state index in [1.807, 2.05) is 11.2 Å². The van der Waals surface area contributed by atoms with Crippen LogP contribution in [0, 0.1) is 0 Å². The molecule has 50 valence electrons. The van der Waals surface area contributed by atoms with Gasteiger partial charge in [-0.1, -0.05) is 6.92 Å². The Labute approximate surface area is 57.8 Å². The van der Waals surface area contributed by atoms with Crippen LogP contribution < -0.4 is 0 Å². The molecule has 0 aromatic heterocycles. The van der Waals surface area contributed by atoms with Crippen molar-refractivity contribution >= 4 is 20.1 Å². The summed E-state index contributed by atoms with van der Waals surface area (Å²) in [5, 5.41) is 0. The Morgan fingerprint density at radius 1 is 1.50 bits per heavy atom. The van der Waals surface area contributed by atoms with E-state index in [1.54, 1.807) is 0 Å². The maximum atomic E-state index is 5.24. The van der Waals surface area contributed by atoms with Gasteiger partial charge >= 0.3 is 0 Å². The van der Waals surface area contributed by atoms with E-state index in [1.165, 1.54) is 12.2 Å². The molecule has 0 rings (SSSR count). The Balaban J connectivity index is 2.53. The summed E-state index contributed by atoms with van der Waals surface area (Å²) in [6.45, 7) is 5.16. The van der Waals surface area contributed by atoms with Gasteiger partial charge in [0.2, 0.25) is 8.91 Å². The Morgan fingerprint density at radius 3 is 2.75 bits per heavy atom. The first-order chi connectivity index (χ1) is 3.91. The third-order valence-electron chi connectivity index (χ3n) is 0.719. The average molecular weight is 150 g/mol. The van der Waals surface area contributed by atoms with E-state index in [-0.39, 0.29) is 8.91 Å². The molecular weight excluding hydrogens is 136 g/mol. The quantitative estimate of drug-likeness (QED) is 0.430. The van der Waals surface area contributed by atoms with Gasteiger partial charge in [-0.25, -0.2) is 0 Å². The smallest absolute Gasteiger partial charge is 0.222 e. The molecule has 0 heterocycles. The summed E-state index contributed by atoms with van der Waals surface area (Å²) < 4.78 is 5.24. The molecule has 0 aromatic carbocycles. The first-order valence-corrected chi connectivity index (χ1v) is 6.53. The van der Waals surface area contributed by atoms with Gasteiger partial charge in [-0.3, -0.25) is 0 Å². The Morgan fingerprint density at radius 2 is 2.25 bits per heavy atom. The van der Waals surface area contributed by atoms with Crippen molar-refractivity contribution in [2.45, 2.75) is 20.3 Å².